The van der Waals surface area contributed by atoms with Gasteiger partial charge >= 0.3 is 5.97 Å². The Balaban J connectivity index is 2.24. The third-order valence-electron chi connectivity index (χ3n) is 1.97. The maximum absolute atomic E-state index is 11.2. The van der Waals surface area contributed by atoms with Crippen LogP contribution in [0.4, 0.5) is 0 Å². The number of carboxylic acids is 1. The van der Waals surface area contributed by atoms with Crippen LogP contribution in [0, 0.1) is 0 Å². The minimum Gasteiger partial charge on any atom is -0.479 e. The molecule has 1 aliphatic carbocycles. The first-order valence-electron chi connectivity index (χ1n) is 4.33. The molecule has 0 aromatic carbocycles. The standard InChI is InChI=1S/C7H13NO5S/c9-6(7(10)11)3-4-8-14(12,13)5-1-2-5/h5-6,8-9H,1-4H2,(H,10,11). The minimum absolute atomic E-state index is 0.0354. The van der Waals surface area contributed by atoms with Gasteiger partial charge in [-0.3, -0.25) is 0 Å². The fraction of sp³-hybridized carbons (Fsp3) is 0.857. The molecule has 0 amide bonds. The van der Waals surface area contributed by atoms with Crippen LogP contribution in [0.25, 0.3) is 0 Å². The summed E-state index contributed by atoms with van der Waals surface area (Å²) in [4.78, 5) is 10.2. The molecule has 1 saturated carbocycles. The second-order valence-corrected chi connectivity index (χ2v) is 5.33. The van der Waals surface area contributed by atoms with E-state index in [1.807, 2.05) is 0 Å². The fourth-order valence-electron chi connectivity index (χ4n) is 0.958. The van der Waals surface area contributed by atoms with Gasteiger partial charge < -0.3 is 10.2 Å². The van der Waals surface area contributed by atoms with Gasteiger partial charge in [-0.05, 0) is 19.3 Å². The Labute approximate surface area is 82.0 Å². The van der Waals surface area contributed by atoms with Crippen molar-refractivity contribution in [2.24, 2.45) is 0 Å². The molecule has 0 aromatic rings. The van der Waals surface area contributed by atoms with Crippen molar-refractivity contribution >= 4 is 16.0 Å². The first-order chi connectivity index (χ1) is 6.43. The molecule has 1 fully saturated rings. The van der Waals surface area contributed by atoms with E-state index in [9.17, 15) is 13.2 Å². The van der Waals surface area contributed by atoms with Crippen molar-refractivity contribution in [1.29, 1.82) is 0 Å². The largest absolute Gasteiger partial charge is 0.479 e. The van der Waals surface area contributed by atoms with Crippen molar-refractivity contribution in [2.45, 2.75) is 30.6 Å². The van der Waals surface area contributed by atoms with E-state index in [1.54, 1.807) is 0 Å². The molecule has 0 heterocycles. The smallest absolute Gasteiger partial charge is 0.332 e. The molecule has 0 radical (unpaired) electrons. The van der Waals surface area contributed by atoms with Crippen molar-refractivity contribution in [3.8, 4) is 0 Å². The quantitative estimate of drug-likeness (QED) is 0.530. The zero-order valence-electron chi connectivity index (χ0n) is 7.51. The minimum atomic E-state index is -3.26. The van der Waals surface area contributed by atoms with Crippen LogP contribution in [0.2, 0.25) is 0 Å². The summed E-state index contributed by atoms with van der Waals surface area (Å²) in [6.45, 7) is -0.0354. The number of aliphatic carboxylic acids is 1. The molecule has 3 N–H and O–H groups in total. The zero-order chi connectivity index (χ0) is 10.8. The van der Waals surface area contributed by atoms with Crippen molar-refractivity contribution in [3.05, 3.63) is 0 Å². The third kappa shape index (κ3) is 3.24. The molecule has 0 saturated heterocycles. The Morgan fingerprint density at radius 2 is 2.07 bits per heavy atom. The summed E-state index contributed by atoms with van der Waals surface area (Å²) >= 11 is 0. The lowest BCUT2D eigenvalue weighted by Crippen LogP contribution is -2.32. The van der Waals surface area contributed by atoms with E-state index in [2.05, 4.69) is 4.72 Å². The van der Waals surface area contributed by atoms with Crippen LogP contribution in [0.5, 0.6) is 0 Å². The maximum atomic E-state index is 11.2. The number of hydrogen-bond acceptors (Lipinski definition) is 4. The van der Waals surface area contributed by atoms with Gasteiger partial charge in [0.15, 0.2) is 6.10 Å². The number of aliphatic hydroxyl groups is 1. The molecule has 6 nitrogen and oxygen atoms in total. The summed E-state index contributed by atoms with van der Waals surface area (Å²) in [5, 5.41) is 16.8. The van der Waals surface area contributed by atoms with Crippen molar-refractivity contribution < 1.29 is 23.4 Å². The van der Waals surface area contributed by atoms with Crippen LogP contribution in [0.3, 0.4) is 0 Å². The summed E-state index contributed by atoms with van der Waals surface area (Å²) < 4.78 is 24.7. The number of carbonyl (C=O) groups is 1. The molecular weight excluding hydrogens is 210 g/mol. The van der Waals surface area contributed by atoms with E-state index >= 15 is 0 Å². The molecule has 14 heavy (non-hydrogen) atoms. The molecule has 0 bridgehead atoms. The van der Waals surface area contributed by atoms with E-state index in [-0.39, 0.29) is 18.2 Å². The summed E-state index contributed by atoms with van der Waals surface area (Å²) in [5.74, 6) is -1.34. The molecule has 0 aromatic heterocycles. The molecular formula is C7H13NO5S. The second-order valence-electron chi connectivity index (χ2n) is 3.28. The number of rotatable bonds is 6. The van der Waals surface area contributed by atoms with Gasteiger partial charge in [0.2, 0.25) is 10.0 Å². The Hall–Kier alpha value is -0.660. The Bertz CT molecular complexity index is 308. The second kappa shape index (κ2) is 4.24. The lowest BCUT2D eigenvalue weighted by atomic mass is 10.3. The normalized spacial score (nSPS) is 19.2. The van der Waals surface area contributed by atoms with Crippen LogP contribution in [0.1, 0.15) is 19.3 Å². The molecule has 1 unspecified atom stereocenters. The molecule has 82 valence electrons. The summed E-state index contributed by atoms with van der Waals surface area (Å²) in [6.07, 6.45) is -0.286. The highest BCUT2D eigenvalue weighted by molar-refractivity contribution is 7.90. The van der Waals surface area contributed by atoms with Crippen LogP contribution in [0.15, 0.2) is 0 Å². The van der Waals surface area contributed by atoms with Gasteiger partial charge in [0, 0.05) is 6.54 Å². The number of aliphatic hydroxyl groups excluding tert-OH is 1. The van der Waals surface area contributed by atoms with Crippen molar-refractivity contribution in [3.63, 3.8) is 0 Å². The monoisotopic (exact) mass is 223 g/mol. The highest BCUT2D eigenvalue weighted by Crippen LogP contribution is 2.27. The number of carboxylic acid groups (broad SMARTS) is 1. The van der Waals surface area contributed by atoms with E-state index < -0.39 is 22.1 Å². The van der Waals surface area contributed by atoms with Crippen LogP contribution in [-0.4, -0.2) is 42.5 Å². The van der Waals surface area contributed by atoms with Gasteiger partial charge in [-0.2, -0.15) is 0 Å². The Morgan fingerprint density at radius 3 is 2.50 bits per heavy atom. The predicted octanol–water partition coefficient (Wildman–Crippen LogP) is -1.10. The molecule has 0 aliphatic heterocycles. The predicted molar refractivity (Wildman–Crippen MR) is 48.2 cm³/mol. The number of nitrogens with one attached hydrogen (secondary N) is 1. The molecule has 1 atom stereocenters. The number of hydrogen-bond donors (Lipinski definition) is 3. The van der Waals surface area contributed by atoms with Crippen LogP contribution in [-0.2, 0) is 14.8 Å². The van der Waals surface area contributed by atoms with Gasteiger partial charge in [-0.1, -0.05) is 0 Å². The summed E-state index contributed by atoms with van der Waals surface area (Å²) in [6, 6.07) is 0. The van der Waals surface area contributed by atoms with E-state index in [0.717, 1.165) is 0 Å². The summed E-state index contributed by atoms with van der Waals surface area (Å²) in [7, 11) is -3.26. The lowest BCUT2D eigenvalue weighted by molar-refractivity contribution is -0.146. The molecule has 1 rings (SSSR count). The SMILES string of the molecule is O=C(O)C(O)CCNS(=O)(=O)C1CC1. The molecule has 0 spiro atoms. The van der Waals surface area contributed by atoms with E-state index in [4.69, 9.17) is 10.2 Å². The zero-order valence-corrected chi connectivity index (χ0v) is 8.33. The average Bonchev–Trinajstić information content (AvgIpc) is 2.85. The maximum Gasteiger partial charge on any atom is 0.332 e. The third-order valence-corrected chi connectivity index (χ3v) is 3.92. The topological polar surface area (TPSA) is 104 Å². The van der Waals surface area contributed by atoms with Crippen molar-refractivity contribution in [1.82, 2.24) is 4.72 Å². The highest BCUT2D eigenvalue weighted by Gasteiger charge is 2.35. The molecule has 1 aliphatic rings. The average molecular weight is 223 g/mol. The number of sulfonamides is 1. The Morgan fingerprint density at radius 1 is 1.50 bits per heavy atom. The van der Waals surface area contributed by atoms with Gasteiger partial charge in [0.05, 0.1) is 5.25 Å². The first-order valence-corrected chi connectivity index (χ1v) is 5.87. The van der Waals surface area contributed by atoms with Gasteiger partial charge in [-0.15, -0.1) is 0 Å². The Kier molecular flexibility index (Phi) is 3.46. The fourth-order valence-corrected chi connectivity index (χ4v) is 2.35. The highest BCUT2D eigenvalue weighted by atomic mass is 32.2. The lowest BCUT2D eigenvalue weighted by Gasteiger charge is -2.06. The van der Waals surface area contributed by atoms with Gasteiger partial charge in [-0.25, -0.2) is 17.9 Å². The van der Waals surface area contributed by atoms with E-state index in [0.29, 0.717) is 12.8 Å². The van der Waals surface area contributed by atoms with Crippen molar-refractivity contribution in [2.75, 3.05) is 6.54 Å². The van der Waals surface area contributed by atoms with Crippen LogP contribution < -0.4 is 4.72 Å². The van der Waals surface area contributed by atoms with Crippen LogP contribution >= 0.6 is 0 Å². The van der Waals surface area contributed by atoms with Gasteiger partial charge in [0.1, 0.15) is 0 Å². The summed E-state index contributed by atoms with van der Waals surface area (Å²) in [5.41, 5.74) is 0. The molecule has 7 heteroatoms. The first kappa shape index (κ1) is 11.4. The van der Waals surface area contributed by atoms with E-state index in [1.165, 1.54) is 0 Å². The van der Waals surface area contributed by atoms with Gasteiger partial charge in [0.25, 0.3) is 0 Å².